The van der Waals surface area contributed by atoms with Crippen LogP contribution in [0.15, 0.2) is 32.8 Å². The van der Waals surface area contributed by atoms with Crippen LogP contribution >= 0.6 is 27.7 Å². The Bertz CT molecular complexity index is 689. The van der Waals surface area contributed by atoms with Crippen molar-refractivity contribution in [2.75, 3.05) is 6.26 Å². The van der Waals surface area contributed by atoms with Gasteiger partial charge in [0.2, 0.25) is 5.16 Å². The molecule has 0 fully saturated rings. The molecular weight excluding hydrogens is 328 g/mol. The second-order valence-electron chi connectivity index (χ2n) is 3.85. The molecule has 0 radical (unpaired) electrons. The Hall–Kier alpha value is -1.47. The number of nitrogens with zero attached hydrogens (tertiary/aromatic N) is 4. The summed E-state index contributed by atoms with van der Waals surface area (Å²) in [4.78, 5) is 8.75. The van der Waals surface area contributed by atoms with E-state index in [9.17, 15) is 0 Å². The van der Waals surface area contributed by atoms with E-state index in [1.54, 1.807) is 6.92 Å². The van der Waals surface area contributed by atoms with Gasteiger partial charge in [-0.3, -0.25) is 0 Å². The fraction of sp³-hybridized carbons (Fsp3) is 0.167. The van der Waals surface area contributed by atoms with E-state index in [0.717, 1.165) is 15.7 Å². The standard InChI is InChI=1S/C12H9BrN4OS/c1-6-14-9-4-3-7(13)5-8(9)10-11(18-6)15-12(19-2)17-16-10/h3-5H,1-2H3. The molecule has 1 aliphatic rings. The van der Waals surface area contributed by atoms with E-state index in [4.69, 9.17) is 4.74 Å². The number of hydrogen-bond donors (Lipinski definition) is 0. The van der Waals surface area contributed by atoms with Crippen molar-refractivity contribution in [1.82, 2.24) is 15.2 Å². The highest BCUT2D eigenvalue weighted by molar-refractivity contribution is 9.10. The second-order valence-corrected chi connectivity index (χ2v) is 5.54. The summed E-state index contributed by atoms with van der Waals surface area (Å²) >= 11 is 4.87. The van der Waals surface area contributed by atoms with Crippen LogP contribution < -0.4 is 4.74 Å². The highest BCUT2D eigenvalue weighted by Gasteiger charge is 2.20. The van der Waals surface area contributed by atoms with Crippen LogP contribution in [0.4, 0.5) is 5.69 Å². The molecule has 0 saturated carbocycles. The smallest absolute Gasteiger partial charge is 0.251 e. The Labute approximate surface area is 122 Å². The van der Waals surface area contributed by atoms with Crippen molar-refractivity contribution < 1.29 is 4.74 Å². The molecule has 1 aliphatic heterocycles. The minimum absolute atomic E-state index is 0.442. The number of ether oxygens (including phenoxy) is 1. The lowest BCUT2D eigenvalue weighted by Crippen LogP contribution is -2.05. The summed E-state index contributed by atoms with van der Waals surface area (Å²) in [6, 6.07) is 5.78. The predicted octanol–water partition coefficient (Wildman–Crippen LogP) is 3.47. The van der Waals surface area contributed by atoms with Crippen LogP contribution in [0, 0.1) is 0 Å². The fourth-order valence-corrected chi connectivity index (χ4v) is 2.41. The molecule has 0 bridgehead atoms. The predicted molar refractivity (Wildman–Crippen MR) is 78.1 cm³/mol. The molecule has 5 nitrogen and oxygen atoms in total. The zero-order valence-corrected chi connectivity index (χ0v) is 12.6. The zero-order chi connectivity index (χ0) is 13.4. The molecule has 0 N–H and O–H groups in total. The van der Waals surface area contributed by atoms with Gasteiger partial charge in [-0.1, -0.05) is 27.7 Å². The third-order valence-corrected chi connectivity index (χ3v) is 3.59. The maximum Gasteiger partial charge on any atom is 0.251 e. The SMILES string of the molecule is CSc1nnc2c(n1)OC(C)=Nc1ccc(Br)cc1-2. The molecule has 7 heteroatoms. The number of aliphatic imine (C=N–C) groups is 1. The third kappa shape index (κ3) is 2.35. The van der Waals surface area contributed by atoms with Gasteiger partial charge in [-0.05, 0) is 24.5 Å². The maximum absolute atomic E-state index is 5.63. The molecule has 0 amide bonds. The van der Waals surface area contributed by atoms with Crippen molar-refractivity contribution in [3.05, 3.63) is 22.7 Å². The topological polar surface area (TPSA) is 60.3 Å². The van der Waals surface area contributed by atoms with Crippen LogP contribution in [0.1, 0.15) is 6.92 Å². The van der Waals surface area contributed by atoms with Crippen molar-refractivity contribution in [1.29, 1.82) is 0 Å². The zero-order valence-electron chi connectivity index (χ0n) is 10.2. The van der Waals surface area contributed by atoms with Crippen molar-refractivity contribution >= 4 is 39.3 Å². The minimum Gasteiger partial charge on any atom is -0.422 e. The average Bonchev–Trinajstić information content (AvgIpc) is 2.53. The summed E-state index contributed by atoms with van der Waals surface area (Å²) in [5.41, 5.74) is 2.26. The molecular formula is C12H9BrN4OS. The normalized spacial score (nSPS) is 12.9. The molecule has 2 aromatic rings. The van der Waals surface area contributed by atoms with E-state index < -0.39 is 0 Å². The number of benzene rings is 1. The summed E-state index contributed by atoms with van der Waals surface area (Å²) in [5.74, 6) is 0.979. The molecule has 0 unspecified atom stereocenters. The number of rotatable bonds is 1. The molecule has 0 aliphatic carbocycles. The highest BCUT2D eigenvalue weighted by Crippen LogP contribution is 2.38. The first-order chi connectivity index (χ1) is 9.17. The molecule has 1 aromatic carbocycles. The van der Waals surface area contributed by atoms with Crippen LogP contribution in [0.2, 0.25) is 0 Å². The Balaban J connectivity index is 2.28. The molecule has 1 aromatic heterocycles. The molecule has 96 valence electrons. The maximum atomic E-state index is 5.63. The number of aromatic nitrogens is 3. The molecule has 2 heterocycles. The van der Waals surface area contributed by atoms with Crippen LogP contribution in [-0.4, -0.2) is 27.3 Å². The highest BCUT2D eigenvalue weighted by atomic mass is 79.9. The van der Waals surface area contributed by atoms with Gasteiger partial charge in [-0.15, -0.1) is 10.2 Å². The van der Waals surface area contributed by atoms with Gasteiger partial charge in [-0.2, -0.15) is 4.98 Å². The second kappa shape index (κ2) is 4.90. The van der Waals surface area contributed by atoms with Gasteiger partial charge in [0.15, 0.2) is 11.6 Å². The number of thioether (sulfide) groups is 1. The van der Waals surface area contributed by atoms with E-state index in [0.29, 0.717) is 22.6 Å². The van der Waals surface area contributed by atoms with Crippen LogP contribution in [0.5, 0.6) is 5.88 Å². The lowest BCUT2D eigenvalue weighted by Gasteiger charge is -2.06. The molecule has 0 spiro atoms. The van der Waals surface area contributed by atoms with Gasteiger partial charge in [0.1, 0.15) is 0 Å². The van der Waals surface area contributed by atoms with Crippen molar-refractivity contribution in [3.63, 3.8) is 0 Å². The first-order valence-corrected chi connectivity index (χ1v) is 7.51. The van der Waals surface area contributed by atoms with Gasteiger partial charge in [-0.25, -0.2) is 4.99 Å². The quantitative estimate of drug-likeness (QED) is 0.746. The van der Waals surface area contributed by atoms with Crippen molar-refractivity contribution in [2.45, 2.75) is 12.1 Å². The van der Waals surface area contributed by atoms with Gasteiger partial charge in [0, 0.05) is 17.0 Å². The summed E-state index contributed by atoms with van der Waals surface area (Å²) in [5, 5.41) is 8.85. The molecule has 19 heavy (non-hydrogen) atoms. The summed E-state index contributed by atoms with van der Waals surface area (Å²) < 4.78 is 6.58. The van der Waals surface area contributed by atoms with E-state index in [-0.39, 0.29) is 0 Å². The third-order valence-electron chi connectivity index (χ3n) is 2.55. The lowest BCUT2D eigenvalue weighted by atomic mass is 10.1. The monoisotopic (exact) mass is 336 g/mol. The summed E-state index contributed by atoms with van der Waals surface area (Å²) in [6.45, 7) is 1.79. The van der Waals surface area contributed by atoms with E-state index in [1.807, 2.05) is 24.5 Å². The van der Waals surface area contributed by atoms with E-state index >= 15 is 0 Å². The number of hydrogen-bond acceptors (Lipinski definition) is 6. The summed E-state index contributed by atoms with van der Waals surface area (Å²) in [7, 11) is 0. The van der Waals surface area contributed by atoms with E-state index in [2.05, 4.69) is 36.1 Å². The van der Waals surface area contributed by atoms with Crippen LogP contribution in [-0.2, 0) is 0 Å². The fourth-order valence-electron chi connectivity index (χ4n) is 1.75. The minimum atomic E-state index is 0.442. The van der Waals surface area contributed by atoms with E-state index in [1.165, 1.54) is 11.8 Å². The first kappa shape index (κ1) is 12.6. The summed E-state index contributed by atoms with van der Waals surface area (Å²) in [6.07, 6.45) is 1.89. The Morgan fingerprint density at radius 1 is 1.26 bits per heavy atom. The van der Waals surface area contributed by atoms with Crippen molar-refractivity contribution in [3.8, 4) is 17.1 Å². The molecule has 0 atom stereocenters. The van der Waals surface area contributed by atoms with Gasteiger partial charge in [0.25, 0.3) is 5.88 Å². The Morgan fingerprint density at radius 2 is 2.11 bits per heavy atom. The lowest BCUT2D eigenvalue weighted by molar-refractivity contribution is 0.511. The van der Waals surface area contributed by atoms with Gasteiger partial charge >= 0.3 is 0 Å². The Morgan fingerprint density at radius 3 is 2.89 bits per heavy atom. The van der Waals surface area contributed by atoms with Crippen LogP contribution in [0.25, 0.3) is 11.3 Å². The average molecular weight is 337 g/mol. The largest absolute Gasteiger partial charge is 0.422 e. The first-order valence-electron chi connectivity index (χ1n) is 5.49. The van der Waals surface area contributed by atoms with Gasteiger partial charge in [0.05, 0.1) is 5.69 Å². The Kier molecular flexibility index (Phi) is 3.24. The van der Waals surface area contributed by atoms with Crippen LogP contribution in [0.3, 0.4) is 0 Å². The molecule has 0 saturated heterocycles. The number of fused-ring (bicyclic) bond motifs is 3. The van der Waals surface area contributed by atoms with Crippen molar-refractivity contribution in [2.24, 2.45) is 4.99 Å². The van der Waals surface area contributed by atoms with Gasteiger partial charge < -0.3 is 4.74 Å². The molecule has 3 rings (SSSR count). The number of halogens is 1.